The van der Waals surface area contributed by atoms with Gasteiger partial charge in [0, 0.05) is 32.4 Å². The van der Waals surface area contributed by atoms with E-state index in [4.69, 9.17) is 4.74 Å². The number of anilines is 1. The Morgan fingerprint density at radius 3 is 2.35 bits per heavy atom. The van der Waals surface area contributed by atoms with Crippen molar-refractivity contribution in [3.63, 3.8) is 0 Å². The molecule has 34 heavy (non-hydrogen) atoms. The van der Waals surface area contributed by atoms with Crippen molar-refractivity contribution in [1.29, 1.82) is 0 Å². The molecule has 1 N–H and O–H groups in total. The first-order valence-electron chi connectivity index (χ1n) is 12.0. The molecule has 3 saturated heterocycles. The smallest absolute Gasteiger partial charge is 0.327 e. The SMILES string of the molecule is CC(C)CN1C(=O)C2C(NC3N(c4ccc(Oc5ccccc5)cc4)CC(C)CN23)N(C)C1=O. The summed E-state index contributed by atoms with van der Waals surface area (Å²) in [5.74, 6) is 2.06. The Balaban J connectivity index is 1.39. The summed E-state index contributed by atoms with van der Waals surface area (Å²) in [6, 6.07) is 17.2. The topological polar surface area (TPSA) is 68.4 Å². The third-order valence-corrected chi connectivity index (χ3v) is 6.78. The van der Waals surface area contributed by atoms with Crippen LogP contribution in [0.3, 0.4) is 0 Å². The fourth-order valence-corrected chi connectivity index (χ4v) is 5.28. The molecule has 2 aromatic rings. The molecule has 0 aromatic heterocycles. The number of imide groups is 1. The number of likely N-dealkylation sites (N-methyl/N-ethyl adjacent to an activating group) is 1. The first kappa shape index (κ1) is 22.7. The first-order valence-corrected chi connectivity index (χ1v) is 12.0. The van der Waals surface area contributed by atoms with E-state index in [1.165, 1.54) is 4.90 Å². The minimum Gasteiger partial charge on any atom is -0.457 e. The van der Waals surface area contributed by atoms with Crippen molar-refractivity contribution < 1.29 is 14.3 Å². The van der Waals surface area contributed by atoms with Gasteiger partial charge in [-0.3, -0.25) is 19.9 Å². The summed E-state index contributed by atoms with van der Waals surface area (Å²) < 4.78 is 5.95. The number of nitrogens with zero attached hydrogens (tertiary/aromatic N) is 4. The number of urea groups is 1. The van der Waals surface area contributed by atoms with E-state index >= 15 is 0 Å². The standard InChI is InChI=1S/C26H33N5O3/c1-17(2)14-31-24(32)22-23(28(4)26(31)33)27-25-29(15-18(3)16-30(22)25)19-10-12-21(13-11-19)34-20-8-6-5-7-9-20/h5-13,17-18,22-23,25,27H,14-16H2,1-4H3. The number of para-hydroxylation sites is 1. The molecule has 0 spiro atoms. The molecule has 3 heterocycles. The van der Waals surface area contributed by atoms with E-state index in [0.29, 0.717) is 12.5 Å². The van der Waals surface area contributed by atoms with Crippen LogP contribution in [-0.2, 0) is 4.79 Å². The van der Waals surface area contributed by atoms with Gasteiger partial charge in [-0.15, -0.1) is 0 Å². The molecular weight excluding hydrogens is 430 g/mol. The van der Waals surface area contributed by atoms with Crippen LogP contribution >= 0.6 is 0 Å². The zero-order valence-corrected chi connectivity index (χ0v) is 20.2. The highest BCUT2D eigenvalue weighted by Gasteiger charge is 2.56. The fraction of sp³-hybridized carbons (Fsp3) is 0.462. The van der Waals surface area contributed by atoms with Gasteiger partial charge in [-0.2, -0.15) is 0 Å². The van der Waals surface area contributed by atoms with Crippen LogP contribution in [0.1, 0.15) is 20.8 Å². The molecule has 0 saturated carbocycles. The van der Waals surface area contributed by atoms with Crippen molar-refractivity contribution in [3.8, 4) is 11.5 Å². The lowest BCUT2D eigenvalue weighted by Gasteiger charge is -2.46. The third-order valence-electron chi connectivity index (χ3n) is 6.78. The molecule has 5 rings (SSSR count). The van der Waals surface area contributed by atoms with Gasteiger partial charge >= 0.3 is 6.03 Å². The first-order chi connectivity index (χ1) is 16.3. The van der Waals surface area contributed by atoms with E-state index in [1.54, 1.807) is 11.9 Å². The molecule has 3 aliphatic rings. The molecule has 2 aromatic carbocycles. The van der Waals surface area contributed by atoms with Crippen LogP contribution in [0.25, 0.3) is 0 Å². The Hall–Kier alpha value is -3.10. The highest BCUT2D eigenvalue weighted by molar-refractivity contribution is 6.00. The van der Waals surface area contributed by atoms with E-state index in [1.807, 2.05) is 56.3 Å². The van der Waals surface area contributed by atoms with Crippen LogP contribution in [0.2, 0.25) is 0 Å². The zero-order chi connectivity index (χ0) is 24.0. The van der Waals surface area contributed by atoms with Gasteiger partial charge in [0.15, 0.2) is 0 Å². The molecular formula is C26H33N5O3. The summed E-state index contributed by atoms with van der Waals surface area (Å²) in [5.41, 5.74) is 1.05. The van der Waals surface area contributed by atoms with Gasteiger partial charge in [-0.25, -0.2) is 4.79 Å². The van der Waals surface area contributed by atoms with E-state index in [0.717, 1.165) is 30.3 Å². The maximum atomic E-state index is 13.5. The number of rotatable bonds is 5. The summed E-state index contributed by atoms with van der Waals surface area (Å²) in [7, 11) is 1.79. The van der Waals surface area contributed by atoms with Gasteiger partial charge in [-0.1, -0.05) is 39.0 Å². The van der Waals surface area contributed by atoms with E-state index in [2.05, 4.69) is 34.2 Å². The van der Waals surface area contributed by atoms with Crippen molar-refractivity contribution in [3.05, 3.63) is 54.6 Å². The summed E-state index contributed by atoms with van der Waals surface area (Å²) in [6.45, 7) is 8.35. The third kappa shape index (κ3) is 4.01. The molecule has 180 valence electrons. The van der Waals surface area contributed by atoms with Crippen molar-refractivity contribution in [2.24, 2.45) is 11.8 Å². The van der Waals surface area contributed by atoms with Gasteiger partial charge in [0.05, 0.1) is 0 Å². The maximum absolute atomic E-state index is 13.5. The number of ether oxygens (including phenoxy) is 1. The minimum absolute atomic E-state index is 0.0996. The van der Waals surface area contributed by atoms with E-state index in [-0.39, 0.29) is 30.3 Å². The number of nitrogens with one attached hydrogen (secondary N) is 1. The summed E-state index contributed by atoms with van der Waals surface area (Å²) >= 11 is 0. The maximum Gasteiger partial charge on any atom is 0.327 e. The molecule has 8 nitrogen and oxygen atoms in total. The molecule has 3 fully saturated rings. The number of hydrogen-bond donors (Lipinski definition) is 1. The van der Waals surface area contributed by atoms with Crippen LogP contribution in [0.4, 0.5) is 10.5 Å². The number of fused-ring (bicyclic) bond motifs is 3. The van der Waals surface area contributed by atoms with Gasteiger partial charge in [0.25, 0.3) is 5.91 Å². The summed E-state index contributed by atoms with van der Waals surface area (Å²) in [5, 5.41) is 3.58. The Morgan fingerprint density at radius 1 is 1.00 bits per heavy atom. The molecule has 8 heteroatoms. The van der Waals surface area contributed by atoms with Crippen LogP contribution < -0.4 is 15.0 Å². The average Bonchev–Trinajstić information content (AvgIpc) is 3.20. The van der Waals surface area contributed by atoms with Crippen molar-refractivity contribution in [1.82, 2.24) is 20.0 Å². The number of carbonyl (C=O) groups excluding carboxylic acids is 2. The molecule has 0 aliphatic carbocycles. The molecule has 0 radical (unpaired) electrons. The van der Waals surface area contributed by atoms with E-state index in [9.17, 15) is 9.59 Å². The molecule has 3 aliphatic heterocycles. The lowest BCUT2D eigenvalue weighted by atomic mass is 10.0. The van der Waals surface area contributed by atoms with Crippen molar-refractivity contribution in [2.45, 2.75) is 39.3 Å². The second kappa shape index (κ2) is 8.92. The van der Waals surface area contributed by atoms with Crippen LogP contribution in [-0.4, -0.2) is 71.8 Å². The molecule has 3 amide bonds. The van der Waals surface area contributed by atoms with Crippen LogP contribution in [0.15, 0.2) is 54.6 Å². The molecule has 0 bridgehead atoms. The van der Waals surface area contributed by atoms with Gasteiger partial charge in [0.2, 0.25) is 0 Å². The van der Waals surface area contributed by atoms with Gasteiger partial charge < -0.3 is 14.5 Å². The highest BCUT2D eigenvalue weighted by Crippen LogP contribution is 2.35. The second-order valence-corrected chi connectivity index (χ2v) is 10.0. The Morgan fingerprint density at radius 2 is 1.68 bits per heavy atom. The molecule has 4 unspecified atom stereocenters. The van der Waals surface area contributed by atoms with E-state index < -0.39 is 6.04 Å². The number of benzene rings is 2. The second-order valence-electron chi connectivity index (χ2n) is 10.0. The largest absolute Gasteiger partial charge is 0.457 e. The lowest BCUT2D eigenvalue weighted by Crippen LogP contribution is -2.67. The van der Waals surface area contributed by atoms with Crippen molar-refractivity contribution >= 4 is 17.6 Å². The Bertz CT molecular complexity index is 1040. The predicted molar refractivity (Wildman–Crippen MR) is 130 cm³/mol. The minimum atomic E-state index is -0.391. The van der Waals surface area contributed by atoms with Crippen molar-refractivity contribution in [2.75, 3.05) is 31.6 Å². The number of amides is 3. The van der Waals surface area contributed by atoms with Crippen LogP contribution in [0, 0.1) is 11.8 Å². The summed E-state index contributed by atoms with van der Waals surface area (Å²) in [4.78, 5) is 34.1. The normalized spacial score (nSPS) is 27.3. The van der Waals surface area contributed by atoms with Gasteiger partial charge in [0.1, 0.15) is 30.0 Å². The average molecular weight is 464 g/mol. The Labute approximate surface area is 201 Å². The number of carbonyl (C=O) groups is 2. The molecule has 4 atom stereocenters. The zero-order valence-electron chi connectivity index (χ0n) is 20.2. The summed E-state index contributed by atoms with van der Waals surface area (Å²) in [6.07, 6.45) is -0.507. The fourth-order valence-electron chi connectivity index (χ4n) is 5.28. The number of hydrogen-bond acceptors (Lipinski definition) is 6. The predicted octanol–water partition coefficient (Wildman–Crippen LogP) is 3.37. The Kier molecular flexibility index (Phi) is 5.95. The quantitative estimate of drug-likeness (QED) is 0.733. The lowest BCUT2D eigenvalue weighted by molar-refractivity contribution is -0.139. The van der Waals surface area contributed by atoms with Gasteiger partial charge in [-0.05, 0) is 48.2 Å². The monoisotopic (exact) mass is 463 g/mol. The highest BCUT2D eigenvalue weighted by atomic mass is 16.5. The van der Waals surface area contributed by atoms with Crippen LogP contribution in [0.5, 0.6) is 11.5 Å².